The monoisotopic (exact) mass is 456 g/mol. The normalized spacial score (nSPS) is 12.7. The molecule has 7 nitrogen and oxygen atoms in total. The molecule has 2 N–H and O–H groups in total. The highest BCUT2D eigenvalue weighted by Crippen LogP contribution is 2.34. The van der Waals surface area contributed by atoms with Gasteiger partial charge in [0.15, 0.2) is 0 Å². The number of amides is 2. The molecule has 0 bridgehead atoms. The van der Waals surface area contributed by atoms with Gasteiger partial charge < -0.3 is 15.2 Å². The van der Waals surface area contributed by atoms with Gasteiger partial charge in [-0.3, -0.25) is 14.4 Å². The van der Waals surface area contributed by atoms with E-state index in [1.165, 1.54) is 29.1 Å². The molecule has 2 heterocycles. The Morgan fingerprint density at radius 3 is 2.90 bits per heavy atom. The third kappa shape index (κ3) is 4.83. The Bertz CT molecular complexity index is 1200. The lowest BCUT2D eigenvalue weighted by Gasteiger charge is -2.17. The molecule has 2 amide bonds. The zero-order valence-corrected chi connectivity index (χ0v) is 19.1. The van der Waals surface area contributed by atoms with Gasteiger partial charge in [0.1, 0.15) is 10.7 Å². The zero-order valence-electron chi connectivity index (χ0n) is 17.5. The molecule has 0 atom stereocenters. The van der Waals surface area contributed by atoms with Crippen molar-refractivity contribution in [2.24, 2.45) is 0 Å². The number of carbonyl (C=O) groups is 2. The summed E-state index contributed by atoms with van der Waals surface area (Å²) in [7, 11) is 1.73. The predicted molar refractivity (Wildman–Crippen MR) is 126 cm³/mol. The minimum absolute atomic E-state index is 0.0360. The maximum Gasteiger partial charge on any atom is 0.259 e. The number of nitrogens with one attached hydrogen (secondary N) is 2. The molecule has 2 aromatic heterocycles. The summed E-state index contributed by atoms with van der Waals surface area (Å²) in [6, 6.07) is 7.45. The number of aryl methyl sites for hydroxylation is 2. The first-order valence-corrected chi connectivity index (χ1v) is 12.1. The average Bonchev–Trinajstić information content (AvgIpc) is 3.30. The number of thiophene rings is 1. The summed E-state index contributed by atoms with van der Waals surface area (Å²) in [5.41, 5.74) is 2.66. The summed E-state index contributed by atoms with van der Waals surface area (Å²) in [5.74, 6) is 1.11. The zero-order chi connectivity index (χ0) is 22.0. The van der Waals surface area contributed by atoms with Crippen LogP contribution in [0.5, 0.6) is 0 Å². The smallest absolute Gasteiger partial charge is 0.259 e. The van der Waals surface area contributed by atoms with E-state index in [9.17, 15) is 14.4 Å². The molecule has 0 saturated heterocycles. The second-order valence-corrected chi connectivity index (χ2v) is 9.69. The summed E-state index contributed by atoms with van der Waals surface area (Å²) in [6.07, 6.45) is 3.10. The summed E-state index contributed by atoms with van der Waals surface area (Å²) >= 11 is 3.02. The molecule has 31 heavy (non-hydrogen) atoms. The van der Waals surface area contributed by atoms with Crippen LogP contribution in [0, 0.1) is 0 Å². The minimum atomic E-state index is -0.138. The molecule has 0 saturated carbocycles. The Labute approximate surface area is 188 Å². The van der Waals surface area contributed by atoms with Gasteiger partial charge in [-0.05, 0) is 36.5 Å². The highest BCUT2D eigenvalue weighted by atomic mass is 32.2. The molecule has 3 aromatic rings. The molecule has 0 unspecified atom stereocenters. The Kier molecular flexibility index (Phi) is 6.43. The van der Waals surface area contributed by atoms with Crippen LogP contribution in [0.15, 0.2) is 29.1 Å². The first-order valence-electron chi connectivity index (χ1n) is 10.1. The number of benzene rings is 1. The van der Waals surface area contributed by atoms with Gasteiger partial charge in [0.25, 0.3) is 5.56 Å². The van der Waals surface area contributed by atoms with Crippen molar-refractivity contribution in [1.29, 1.82) is 0 Å². The second kappa shape index (κ2) is 9.23. The molecule has 0 radical (unpaired) electrons. The number of aromatic amines is 1. The van der Waals surface area contributed by atoms with E-state index in [4.69, 9.17) is 0 Å². The highest BCUT2D eigenvalue weighted by molar-refractivity contribution is 7.99. The van der Waals surface area contributed by atoms with E-state index in [0.717, 1.165) is 35.0 Å². The summed E-state index contributed by atoms with van der Waals surface area (Å²) in [6.45, 7) is 1.94. The topological polar surface area (TPSA) is 95.2 Å². The second-order valence-electron chi connectivity index (χ2n) is 7.62. The van der Waals surface area contributed by atoms with Crippen molar-refractivity contribution in [3.8, 4) is 0 Å². The maximum absolute atomic E-state index is 12.5. The van der Waals surface area contributed by atoms with E-state index in [-0.39, 0.29) is 23.1 Å². The van der Waals surface area contributed by atoms with Gasteiger partial charge in [-0.1, -0.05) is 18.2 Å². The van der Waals surface area contributed by atoms with Crippen molar-refractivity contribution in [3.05, 3.63) is 56.4 Å². The minimum Gasteiger partial charge on any atom is -0.342 e. The van der Waals surface area contributed by atoms with Crippen LogP contribution in [0.2, 0.25) is 0 Å². The van der Waals surface area contributed by atoms with E-state index >= 15 is 0 Å². The van der Waals surface area contributed by atoms with Gasteiger partial charge in [-0.2, -0.15) is 0 Å². The lowest BCUT2D eigenvalue weighted by atomic mass is 10.1. The standard InChI is InChI=1S/C22H24N4O3S2/c1-13(27)26(2)10-14-6-3-4-8-16(14)23-19(28)12-30-11-18-24-21(29)20-15-7-5-9-17(15)31-22(20)25-18/h3-4,6,8H,5,7,9-12H2,1-2H3,(H,23,28)(H,24,25,29). The molecule has 162 valence electrons. The SMILES string of the molecule is CC(=O)N(C)Cc1ccccc1NC(=O)CSCc1nc2sc3c(c2c(=O)[nH]1)CCC3. The number of aromatic nitrogens is 2. The first-order chi connectivity index (χ1) is 14.9. The Morgan fingerprint density at radius 2 is 2.10 bits per heavy atom. The van der Waals surface area contributed by atoms with Gasteiger partial charge in [0.2, 0.25) is 11.8 Å². The quantitative estimate of drug-likeness (QED) is 0.569. The van der Waals surface area contributed by atoms with Gasteiger partial charge in [0.05, 0.1) is 16.9 Å². The molecule has 1 aromatic carbocycles. The number of nitrogens with zero attached hydrogens (tertiary/aromatic N) is 2. The van der Waals surface area contributed by atoms with Gasteiger partial charge >= 0.3 is 0 Å². The third-order valence-electron chi connectivity index (χ3n) is 5.33. The van der Waals surface area contributed by atoms with Crippen LogP contribution in [-0.2, 0) is 34.7 Å². The van der Waals surface area contributed by atoms with Crippen LogP contribution in [0.25, 0.3) is 10.2 Å². The van der Waals surface area contributed by atoms with E-state index < -0.39 is 0 Å². The number of thioether (sulfide) groups is 1. The van der Waals surface area contributed by atoms with Crippen molar-refractivity contribution < 1.29 is 9.59 Å². The maximum atomic E-state index is 12.5. The van der Waals surface area contributed by atoms with Crippen molar-refractivity contribution in [2.45, 2.75) is 38.5 Å². The third-order valence-corrected chi connectivity index (χ3v) is 7.46. The van der Waals surface area contributed by atoms with Crippen LogP contribution in [0.4, 0.5) is 5.69 Å². The Morgan fingerprint density at radius 1 is 1.29 bits per heavy atom. The molecule has 0 aliphatic heterocycles. The van der Waals surface area contributed by atoms with Crippen molar-refractivity contribution in [2.75, 3.05) is 18.1 Å². The number of hydrogen-bond acceptors (Lipinski definition) is 6. The van der Waals surface area contributed by atoms with Crippen molar-refractivity contribution in [3.63, 3.8) is 0 Å². The number of H-pyrrole nitrogens is 1. The van der Waals surface area contributed by atoms with Gasteiger partial charge in [-0.25, -0.2) is 4.98 Å². The lowest BCUT2D eigenvalue weighted by Crippen LogP contribution is -2.24. The van der Waals surface area contributed by atoms with Gasteiger partial charge in [-0.15, -0.1) is 23.1 Å². The van der Waals surface area contributed by atoms with E-state index in [2.05, 4.69) is 15.3 Å². The van der Waals surface area contributed by atoms with E-state index in [1.807, 2.05) is 24.3 Å². The Balaban J connectivity index is 1.36. The van der Waals surface area contributed by atoms with Gasteiger partial charge in [0, 0.05) is 31.1 Å². The number of rotatable bonds is 7. The highest BCUT2D eigenvalue weighted by Gasteiger charge is 2.21. The van der Waals surface area contributed by atoms with Crippen molar-refractivity contribution >= 4 is 50.8 Å². The molecule has 9 heteroatoms. The summed E-state index contributed by atoms with van der Waals surface area (Å²) < 4.78 is 0. The molecular weight excluding hydrogens is 432 g/mol. The number of fused-ring (bicyclic) bond motifs is 3. The molecule has 1 aliphatic rings. The van der Waals surface area contributed by atoms with Crippen LogP contribution < -0.4 is 10.9 Å². The average molecular weight is 457 g/mol. The fourth-order valence-corrected chi connectivity index (χ4v) is 5.66. The summed E-state index contributed by atoms with van der Waals surface area (Å²) in [5, 5.41) is 3.67. The van der Waals surface area contributed by atoms with Crippen molar-refractivity contribution in [1.82, 2.24) is 14.9 Å². The predicted octanol–water partition coefficient (Wildman–Crippen LogP) is 3.32. The molecule has 4 rings (SSSR count). The molecule has 0 fully saturated rings. The number of carbonyl (C=O) groups excluding carboxylic acids is 2. The van der Waals surface area contributed by atoms with Crippen LogP contribution in [0.1, 0.15) is 35.2 Å². The molecular formula is C22H24N4O3S2. The number of hydrogen-bond donors (Lipinski definition) is 2. The number of anilines is 1. The molecule has 0 spiro atoms. The Hall–Kier alpha value is -2.65. The number of para-hydroxylation sites is 1. The fraction of sp³-hybridized carbons (Fsp3) is 0.364. The van der Waals surface area contributed by atoms with Crippen LogP contribution in [-0.4, -0.2) is 39.5 Å². The van der Waals surface area contributed by atoms with Crippen LogP contribution >= 0.6 is 23.1 Å². The van der Waals surface area contributed by atoms with Crippen LogP contribution in [0.3, 0.4) is 0 Å². The lowest BCUT2D eigenvalue weighted by molar-refractivity contribution is -0.128. The first kappa shape index (κ1) is 21.6. The molecule has 1 aliphatic carbocycles. The van der Waals surface area contributed by atoms with E-state index in [1.54, 1.807) is 23.3 Å². The van der Waals surface area contributed by atoms with E-state index in [0.29, 0.717) is 23.8 Å². The largest absolute Gasteiger partial charge is 0.342 e. The summed E-state index contributed by atoms with van der Waals surface area (Å²) in [4.78, 5) is 47.7. The fourth-order valence-electron chi connectivity index (χ4n) is 3.69.